The van der Waals surface area contributed by atoms with Crippen LogP contribution in [0.25, 0.3) is 22.0 Å². The van der Waals surface area contributed by atoms with Crippen LogP contribution < -0.4 is 9.74 Å². The number of aryl methyl sites for hydroxylation is 1. The Morgan fingerprint density at radius 3 is 1.96 bits per heavy atom. The highest BCUT2D eigenvalue weighted by Gasteiger charge is 2.39. The van der Waals surface area contributed by atoms with E-state index in [0.29, 0.717) is 24.4 Å². The minimum atomic E-state index is -0.699. The van der Waals surface area contributed by atoms with Crippen molar-refractivity contribution in [3.63, 3.8) is 0 Å². The summed E-state index contributed by atoms with van der Waals surface area (Å²) in [5.74, 6) is 1.57. The van der Waals surface area contributed by atoms with Gasteiger partial charge in [-0.2, -0.15) is 10.4 Å². The maximum atomic E-state index is 9.26. The van der Waals surface area contributed by atoms with Gasteiger partial charge in [-0.25, -0.2) is 9.97 Å². The zero-order valence-corrected chi connectivity index (χ0v) is 27.7. The van der Waals surface area contributed by atoms with Gasteiger partial charge in [0.1, 0.15) is 23.4 Å². The first kappa shape index (κ1) is 31.0. The lowest BCUT2D eigenvalue weighted by Gasteiger charge is -2.36. The number of fused-ring (bicyclic) bond motifs is 1. The first-order valence-corrected chi connectivity index (χ1v) is 16.8. The van der Waals surface area contributed by atoms with E-state index in [1.807, 2.05) is 17.2 Å². The summed E-state index contributed by atoms with van der Waals surface area (Å²) in [6.07, 6.45) is 3.83. The number of hydrogen-bond donors (Lipinski definition) is 0. The highest BCUT2D eigenvalue weighted by atomic mass is 16.7. The average molecular weight is 654 g/mol. The SMILES string of the molecule is Cc1nn(C(c2ccccc2)(c2ccccc2)c2ccccc2)cc1-c1ccc2ncnc(N3CCN(Oc4cccc(C#N)c4)CC3)c2c1. The first-order chi connectivity index (χ1) is 24.6. The first-order valence-electron chi connectivity index (χ1n) is 16.8. The van der Waals surface area contributed by atoms with Crippen molar-refractivity contribution in [1.82, 2.24) is 24.8 Å². The minimum absolute atomic E-state index is 0.580. The van der Waals surface area contributed by atoms with E-state index in [1.54, 1.807) is 18.5 Å². The third-order valence-electron chi connectivity index (χ3n) is 9.48. The molecule has 1 aliphatic heterocycles. The molecular weight excluding hydrogens is 619 g/mol. The molecular formula is C42H35N7O. The summed E-state index contributed by atoms with van der Waals surface area (Å²) >= 11 is 0. The molecule has 8 heteroatoms. The van der Waals surface area contributed by atoms with E-state index in [9.17, 15) is 5.26 Å². The molecule has 1 saturated heterocycles. The van der Waals surface area contributed by atoms with Gasteiger partial charge in [0.2, 0.25) is 0 Å². The fourth-order valence-electron chi connectivity index (χ4n) is 7.08. The maximum Gasteiger partial charge on any atom is 0.148 e. The molecule has 0 N–H and O–H groups in total. The molecule has 1 aliphatic rings. The Bertz CT molecular complexity index is 2190. The van der Waals surface area contributed by atoms with Crippen LogP contribution in [0.2, 0.25) is 0 Å². The van der Waals surface area contributed by atoms with E-state index in [0.717, 1.165) is 63.3 Å². The maximum absolute atomic E-state index is 9.26. The third-order valence-corrected chi connectivity index (χ3v) is 9.48. The Hall–Kier alpha value is -6.30. The number of piperazine rings is 1. The van der Waals surface area contributed by atoms with Crippen molar-refractivity contribution >= 4 is 16.7 Å². The summed E-state index contributed by atoms with van der Waals surface area (Å²) in [6, 6.07) is 47.7. The molecule has 0 bridgehead atoms. The molecule has 0 radical (unpaired) electrons. The van der Waals surface area contributed by atoms with Crippen LogP contribution in [0.5, 0.6) is 5.75 Å². The number of nitrogens with zero attached hydrogens (tertiary/aromatic N) is 7. The fraction of sp³-hybridized carbons (Fsp3) is 0.143. The lowest BCUT2D eigenvalue weighted by Crippen LogP contribution is -2.48. The molecule has 8 rings (SSSR count). The predicted molar refractivity (Wildman–Crippen MR) is 196 cm³/mol. The van der Waals surface area contributed by atoms with Crippen molar-refractivity contribution in [3.05, 3.63) is 174 Å². The van der Waals surface area contributed by atoms with Crippen molar-refractivity contribution in [3.8, 4) is 22.9 Å². The fourth-order valence-corrected chi connectivity index (χ4v) is 7.08. The number of nitriles is 1. The molecule has 8 nitrogen and oxygen atoms in total. The van der Waals surface area contributed by atoms with Crippen molar-refractivity contribution in [2.45, 2.75) is 12.5 Å². The Balaban J connectivity index is 1.16. The predicted octanol–water partition coefficient (Wildman–Crippen LogP) is 7.63. The van der Waals surface area contributed by atoms with Crippen molar-refractivity contribution in [2.24, 2.45) is 0 Å². The second-order valence-electron chi connectivity index (χ2n) is 12.5. The van der Waals surface area contributed by atoms with Gasteiger partial charge in [-0.1, -0.05) is 103 Å². The zero-order chi connectivity index (χ0) is 33.9. The molecule has 0 atom stereocenters. The molecule has 2 aromatic heterocycles. The third kappa shape index (κ3) is 5.64. The Morgan fingerprint density at radius 1 is 0.700 bits per heavy atom. The summed E-state index contributed by atoms with van der Waals surface area (Å²) < 4.78 is 2.13. The Kier molecular flexibility index (Phi) is 8.25. The summed E-state index contributed by atoms with van der Waals surface area (Å²) in [5.41, 5.74) is 7.19. The minimum Gasteiger partial charge on any atom is -0.406 e. The molecule has 7 aromatic rings. The van der Waals surface area contributed by atoms with Crippen LogP contribution in [0, 0.1) is 18.3 Å². The normalized spacial score (nSPS) is 13.6. The Morgan fingerprint density at radius 2 is 1.34 bits per heavy atom. The van der Waals surface area contributed by atoms with Crippen LogP contribution in [0.1, 0.15) is 27.9 Å². The lowest BCUT2D eigenvalue weighted by molar-refractivity contribution is -0.0620. The van der Waals surface area contributed by atoms with Gasteiger partial charge in [0.25, 0.3) is 0 Å². The van der Waals surface area contributed by atoms with Crippen LogP contribution in [0.15, 0.2) is 146 Å². The van der Waals surface area contributed by atoms with E-state index < -0.39 is 5.54 Å². The van der Waals surface area contributed by atoms with Crippen molar-refractivity contribution in [1.29, 1.82) is 5.26 Å². The second kappa shape index (κ2) is 13.3. The number of hydroxylamine groups is 2. The number of hydrogen-bond acceptors (Lipinski definition) is 7. The van der Waals surface area contributed by atoms with Crippen molar-refractivity contribution < 1.29 is 4.84 Å². The van der Waals surface area contributed by atoms with Crippen molar-refractivity contribution in [2.75, 3.05) is 31.1 Å². The zero-order valence-electron chi connectivity index (χ0n) is 27.7. The van der Waals surface area contributed by atoms with Crippen LogP contribution in [0.4, 0.5) is 5.82 Å². The van der Waals surface area contributed by atoms with Gasteiger partial charge in [-0.3, -0.25) is 4.68 Å². The highest BCUT2D eigenvalue weighted by Crippen LogP contribution is 2.42. The van der Waals surface area contributed by atoms with Gasteiger partial charge in [0.15, 0.2) is 0 Å². The van der Waals surface area contributed by atoms with Gasteiger partial charge in [-0.05, 0) is 53.4 Å². The second-order valence-corrected chi connectivity index (χ2v) is 12.5. The van der Waals surface area contributed by atoms with Crippen LogP contribution in [0.3, 0.4) is 0 Å². The molecule has 3 heterocycles. The van der Waals surface area contributed by atoms with E-state index >= 15 is 0 Å². The molecule has 0 saturated carbocycles. The quantitative estimate of drug-likeness (QED) is 0.156. The van der Waals surface area contributed by atoms with Crippen LogP contribution in [-0.2, 0) is 5.54 Å². The van der Waals surface area contributed by atoms with Gasteiger partial charge < -0.3 is 9.74 Å². The summed E-state index contributed by atoms with van der Waals surface area (Å²) in [7, 11) is 0. The average Bonchev–Trinajstić information content (AvgIpc) is 3.57. The van der Waals surface area contributed by atoms with Crippen LogP contribution in [-0.4, -0.2) is 51.0 Å². The number of aromatic nitrogens is 4. The van der Waals surface area contributed by atoms with E-state index in [1.165, 1.54) is 0 Å². The van der Waals surface area contributed by atoms with Crippen LogP contribution >= 0.6 is 0 Å². The lowest BCUT2D eigenvalue weighted by atomic mass is 9.77. The standard InChI is InChI=1S/C42H35N7O/c1-31-39(29-49(46-31)42(34-13-5-2-6-14-34,35-15-7-3-8-16-35)36-17-9-4-10-18-36)33-20-21-40-38(27-33)41(45-30-44-40)47-22-24-48(25-23-47)50-37-19-11-12-32(26-37)28-43/h2-21,26-27,29-30H,22-25H2,1H3. The monoisotopic (exact) mass is 653 g/mol. The molecule has 50 heavy (non-hydrogen) atoms. The van der Waals surface area contributed by atoms with Gasteiger partial charge >= 0.3 is 0 Å². The van der Waals surface area contributed by atoms with E-state index in [4.69, 9.17) is 14.9 Å². The van der Waals surface area contributed by atoms with Gasteiger partial charge in [-0.15, -0.1) is 5.06 Å². The number of benzene rings is 5. The topological polar surface area (TPSA) is 83.1 Å². The molecule has 244 valence electrons. The molecule has 1 fully saturated rings. The highest BCUT2D eigenvalue weighted by molar-refractivity contribution is 5.93. The van der Waals surface area contributed by atoms with Gasteiger partial charge in [0.05, 0.1) is 35.9 Å². The molecule has 5 aromatic carbocycles. The number of rotatable bonds is 8. The van der Waals surface area contributed by atoms with Gasteiger partial charge in [0, 0.05) is 36.3 Å². The smallest absolute Gasteiger partial charge is 0.148 e. The summed E-state index contributed by atoms with van der Waals surface area (Å²) in [5, 5.41) is 17.5. The summed E-state index contributed by atoms with van der Waals surface area (Å²) in [4.78, 5) is 17.8. The molecule has 0 unspecified atom stereocenters. The van der Waals surface area contributed by atoms with E-state index in [-0.39, 0.29) is 0 Å². The number of anilines is 1. The van der Waals surface area contributed by atoms with E-state index in [2.05, 4.69) is 143 Å². The summed E-state index contributed by atoms with van der Waals surface area (Å²) in [6.45, 7) is 4.93. The molecule has 0 spiro atoms. The Labute approximate surface area is 291 Å². The molecule has 0 aliphatic carbocycles. The largest absolute Gasteiger partial charge is 0.406 e. The molecule has 0 amide bonds.